The van der Waals surface area contributed by atoms with Crippen molar-refractivity contribution in [3.8, 4) is 0 Å². The number of hydrogen-bond donors (Lipinski definition) is 1. The lowest BCUT2D eigenvalue weighted by Gasteiger charge is -2.26. The predicted octanol–water partition coefficient (Wildman–Crippen LogP) is 2.33. The second kappa shape index (κ2) is 7.25. The summed E-state index contributed by atoms with van der Waals surface area (Å²) < 4.78 is 6.94. The Hall–Kier alpha value is -2.51. The Morgan fingerprint density at radius 1 is 1.30 bits per heavy atom. The summed E-state index contributed by atoms with van der Waals surface area (Å²) >= 11 is 0. The van der Waals surface area contributed by atoms with Crippen LogP contribution in [0.1, 0.15) is 41.7 Å². The quantitative estimate of drug-likeness (QED) is 0.744. The number of aryl methyl sites for hydroxylation is 2. The van der Waals surface area contributed by atoms with Crippen LogP contribution in [0.5, 0.6) is 0 Å². The molecule has 27 heavy (non-hydrogen) atoms. The van der Waals surface area contributed by atoms with E-state index < -0.39 is 0 Å². The van der Waals surface area contributed by atoms with Crippen LogP contribution in [0.2, 0.25) is 0 Å². The lowest BCUT2D eigenvalue weighted by atomic mass is 10.1. The van der Waals surface area contributed by atoms with Gasteiger partial charge in [-0.15, -0.1) is 0 Å². The van der Waals surface area contributed by atoms with Crippen molar-refractivity contribution in [1.82, 2.24) is 19.6 Å². The highest BCUT2D eigenvalue weighted by Gasteiger charge is 2.31. The maximum absolute atomic E-state index is 13.0. The average Bonchev–Trinajstić information content (AvgIpc) is 3.26. The predicted molar refractivity (Wildman–Crippen MR) is 101 cm³/mol. The highest BCUT2D eigenvalue weighted by molar-refractivity contribution is 5.77. The van der Waals surface area contributed by atoms with Gasteiger partial charge in [-0.25, -0.2) is 4.98 Å². The minimum Gasteiger partial charge on any atom is -0.395 e. The normalized spacial score (nSPS) is 17.8. The van der Waals surface area contributed by atoms with Gasteiger partial charge in [0, 0.05) is 12.1 Å². The van der Waals surface area contributed by atoms with Crippen molar-refractivity contribution in [3.63, 3.8) is 0 Å². The number of aliphatic hydroxyl groups excluding tert-OH is 1. The Bertz CT molecular complexity index is 1000. The third-order valence-electron chi connectivity index (χ3n) is 5.42. The Morgan fingerprint density at radius 3 is 2.85 bits per heavy atom. The van der Waals surface area contributed by atoms with Gasteiger partial charge in [-0.05, 0) is 45.4 Å². The van der Waals surface area contributed by atoms with Crippen molar-refractivity contribution in [3.05, 3.63) is 57.5 Å². The Labute approximate surface area is 157 Å². The van der Waals surface area contributed by atoms with Crippen molar-refractivity contribution in [2.45, 2.75) is 45.8 Å². The van der Waals surface area contributed by atoms with Crippen LogP contribution in [-0.4, -0.2) is 37.9 Å². The van der Waals surface area contributed by atoms with E-state index in [9.17, 15) is 9.90 Å². The molecular formula is C20H24N4O3. The Morgan fingerprint density at radius 2 is 2.11 bits per heavy atom. The number of aliphatic hydroxyl groups is 1. The van der Waals surface area contributed by atoms with Crippen LogP contribution in [0.15, 0.2) is 33.6 Å². The molecule has 2 aromatic heterocycles. The first-order valence-corrected chi connectivity index (χ1v) is 9.36. The van der Waals surface area contributed by atoms with Gasteiger partial charge in [0.25, 0.3) is 5.56 Å². The fourth-order valence-electron chi connectivity index (χ4n) is 3.99. The highest BCUT2D eigenvalue weighted by Crippen LogP contribution is 2.33. The third-order valence-corrected chi connectivity index (χ3v) is 5.42. The van der Waals surface area contributed by atoms with E-state index in [1.807, 2.05) is 32.0 Å². The van der Waals surface area contributed by atoms with Gasteiger partial charge in [0.05, 0.1) is 35.8 Å². The van der Waals surface area contributed by atoms with Gasteiger partial charge in [-0.3, -0.25) is 14.3 Å². The number of likely N-dealkylation sites (tertiary alicyclic amines) is 1. The number of aromatic nitrogens is 3. The van der Waals surface area contributed by atoms with E-state index in [-0.39, 0.29) is 24.8 Å². The van der Waals surface area contributed by atoms with Gasteiger partial charge in [-0.2, -0.15) is 0 Å². The van der Waals surface area contributed by atoms with Crippen molar-refractivity contribution in [1.29, 1.82) is 0 Å². The maximum Gasteiger partial charge on any atom is 0.261 e. The molecule has 1 atom stereocenters. The molecule has 7 nitrogen and oxygen atoms in total. The number of benzene rings is 1. The molecule has 1 aliphatic rings. The summed E-state index contributed by atoms with van der Waals surface area (Å²) in [6.07, 6.45) is 1.97. The molecule has 3 aromatic rings. The van der Waals surface area contributed by atoms with Gasteiger partial charge in [0.2, 0.25) is 0 Å². The Kier molecular flexibility index (Phi) is 4.80. The van der Waals surface area contributed by atoms with Crippen molar-refractivity contribution < 1.29 is 9.63 Å². The zero-order valence-corrected chi connectivity index (χ0v) is 15.7. The topological polar surface area (TPSA) is 84.4 Å². The molecule has 1 N–H and O–H groups in total. The molecule has 1 aliphatic heterocycles. The van der Waals surface area contributed by atoms with Crippen LogP contribution in [0.25, 0.3) is 10.9 Å². The van der Waals surface area contributed by atoms with Crippen LogP contribution in [-0.2, 0) is 13.1 Å². The van der Waals surface area contributed by atoms with Crippen LogP contribution < -0.4 is 5.56 Å². The second-order valence-corrected chi connectivity index (χ2v) is 7.10. The molecule has 142 valence electrons. The number of para-hydroxylation sites is 1. The van der Waals surface area contributed by atoms with E-state index in [2.05, 4.69) is 10.1 Å². The minimum absolute atomic E-state index is 0.0301. The zero-order valence-electron chi connectivity index (χ0n) is 15.7. The maximum atomic E-state index is 13.0. The largest absolute Gasteiger partial charge is 0.395 e. The average molecular weight is 368 g/mol. The molecular weight excluding hydrogens is 344 g/mol. The van der Waals surface area contributed by atoms with Crippen molar-refractivity contribution in [2.75, 3.05) is 13.2 Å². The van der Waals surface area contributed by atoms with E-state index in [4.69, 9.17) is 9.51 Å². The smallest absolute Gasteiger partial charge is 0.261 e. The van der Waals surface area contributed by atoms with E-state index in [0.717, 1.165) is 42.2 Å². The Balaban J connectivity index is 1.78. The molecule has 3 heterocycles. The summed E-state index contributed by atoms with van der Waals surface area (Å²) in [6.45, 7) is 5.68. The lowest BCUT2D eigenvalue weighted by molar-refractivity contribution is 0.222. The SMILES string of the molecule is Cc1noc(C)c1CN1CCCC1c1nc2ccccc2c(=O)n1CCO. The summed E-state index contributed by atoms with van der Waals surface area (Å²) in [5.74, 6) is 1.56. The molecule has 4 rings (SSSR count). The van der Waals surface area contributed by atoms with Crippen LogP contribution in [0.3, 0.4) is 0 Å². The zero-order chi connectivity index (χ0) is 19.0. The molecule has 0 spiro atoms. The van der Waals surface area contributed by atoms with Gasteiger partial charge in [0.1, 0.15) is 11.6 Å². The van der Waals surface area contributed by atoms with E-state index in [1.165, 1.54) is 0 Å². The monoisotopic (exact) mass is 368 g/mol. The minimum atomic E-state index is -0.0937. The molecule has 0 amide bonds. The molecule has 0 bridgehead atoms. The van der Waals surface area contributed by atoms with Crippen LogP contribution in [0, 0.1) is 13.8 Å². The molecule has 1 unspecified atom stereocenters. The molecule has 1 aromatic carbocycles. The standard InChI is InChI=1S/C20H24N4O3/c1-13-16(14(2)27-22-13)12-23-9-5-8-18(23)19-21-17-7-4-3-6-15(17)20(26)24(19)10-11-25/h3-4,6-7,18,25H,5,8-12H2,1-2H3. The summed E-state index contributed by atoms with van der Waals surface area (Å²) in [5.41, 5.74) is 2.61. The molecule has 1 saturated heterocycles. The van der Waals surface area contributed by atoms with Gasteiger partial charge in [0.15, 0.2) is 0 Å². The van der Waals surface area contributed by atoms with Crippen molar-refractivity contribution >= 4 is 10.9 Å². The lowest BCUT2D eigenvalue weighted by Crippen LogP contribution is -2.33. The summed E-state index contributed by atoms with van der Waals surface area (Å²) in [6, 6.07) is 7.43. The molecule has 7 heteroatoms. The number of nitrogens with zero attached hydrogens (tertiary/aromatic N) is 4. The molecule has 0 saturated carbocycles. The molecule has 1 fully saturated rings. The first-order valence-electron chi connectivity index (χ1n) is 9.36. The van der Waals surface area contributed by atoms with Crippen molar-refractivity contribution in [2.24, 2.45) is 0 Å². The van der Waals surface area contributed by atoms with E-state index >= 15 is 0 Å². The van der Waals surface area contributed by atoms with Gasteiger partial charge < -0.3 is 9.63 Å². The van der Waals surface area contributed by atoms with Gasteiger partial charge >= 0.3 is 0 Å². The van der Waals surface area contributed by atoms with Crippen LogP contribution >= 0.6 is 0 Å². The number of hydrogen-bond acceptors (Lipinski definition) is 6. The summed E-state index contributed by atoms with van der Waals surface area (Å²) in [5, 5.41) is 14.1. The van der Waals surface area contributed by atoms with Crippen LogP contribution in [0.4, 0.5) is 0 Å². The fourth-order valence-corrected chi connectivity index (χ4v) is 3.99. The van der Waals surface area contributed by atoms with Gasteiger partial charge in [-0.1, -0.05) is 17.3 Å². The summed E-state index contributed by atoms with van der Waals surface area (Å²) in [4.78, 5) is 20.2. The second-order valence-electron chi connectivity index (χ2n) is 7.10. The third kappa shape index (κ3) is 3.17. The first-order chi connectivity index (χ1) is 13.1. The number of rotatable bonds is 5. The number of fused-ring (bicyclic) bond motifs is 1. The van der Waals surface area contributed by atoms with E-state index in [1.54, 1.807) is 10.6 Å². The summed E-state index contributed by atoms with van der Waals surface area (Å²) in [7, 11) is 0. The highest BCUT2D eigenvalue weighted by atomic mass is 16.5. The van der Waals surface area contributed by atoms with E-state index in [0.29, 0.717) is 17.4 Å². The molecule has 0 radical (unpaired) electrons. The fraction of sp³-hybridized carbons (Fsp3) is 0.450. The first kappa shape index (κ1) is 17.9. The molecule has 0 aliphatic carbocycles.